The number of anilines is 1. The molecule has 3 rings (SSSR count). The van der Waals surface area contributed by atoms with Gasteiger partial charge in [0.1, 0.15) is 5.75 Å². The van der Waals surface area contributed by atoms with E-state index in [4.69, 9.17) is 17.0 Å². The van der Waals surface area contributed by atoms with Gasteiger partial charge in [-0.05, 0) is 67.0 Å². The van der Waals surface area contributed by atoms with Gasteiger partial charge in [-0.3, -0.25) is 14.9 Å². The molecule has 0 heterocycles. The van der Waals surface area contributed by atoms with E-state index in [1.807, 2.05) is 30.3 Å². The molecule has 2 amide bonds. The zero-order chi connectivity index (χ0) is 24.9. The lowest BCUT2D eigenvalue weighted by Crippen LogP contribution is -2.35. The quantitative estimate of drug-likeness (QED) is 0.250. The summed E-state index contributed by atoms with van der Waals surface area (Å²) in [5.74, 6) is 0.170. The molecule has 0 saturated carbocycles. The molecule has 0 spiro atoms. The van der Waals surface area contributed by atoms with Crippen molar-refractivity contribution in [1.29, 1.82) is 0 Å². The normalized spacial score (nSPS) is 10.3. The van der Waals surface area contributed by atoms with Crippen LogP contribution in [0.25, 0.3) is 0 Å². The minimum atomic E-state index is -0.343. The number of unbranched alkanes of at least 4 members (excludes halogenated alkanes) is 2. The standard InChI is InChI=1S/C28H31N3O3S/c1-2-3-9-20-34-23-16-14-22(15-17-23)26(32)31-28(35)30-25-13-8-7-12-24(25)27(33)29-19-18-21-10-5-4-6-11-21/h4-8,10-17H,2-3,9,18-20H2,1H3,(H,29,33)(H2,30,31,32,35). The molecule has 0 radical (unpaired) electrons. The third-order valence-electron chi connectivity index (χ3n) is 5.32. The van der Waals surface area contributed by atoms with Crippen molar-refractivity contribution in [3.05, 3.63) is 95.6 Å². The van der Waals surface area contributed by atoms with Crippen molar-refractivity contribution in [2.24, 2.45) is 0 Å². The second-order valence-corrected chi connectivity index (χ2v) is 8.43. The van der Waals surface area contributed by atoms with Crippen LogP contribution >= 0.6 is 12.2 Å². The average Bonchev–Trinajstić information content (AvgIpc) is 2.88. The number of thiocarbonyl (C=S) groups is 1. The Morgan fingerprint density at radius 1 is 0.857 bits per heavy atom. The Balaban J connectivity index is 1.51. The lowest BCUT2D eigenvalue weighted by atomic mass is 10.1. The number of rotatable bonds is 11. The van der Waals surface area contributed by atoms with Gasteiger partial charge in [0.25, 0.3) is 11.8 Å². The highest BCUT2D eigenvalue weighted by atomic mass is 32.1. The van der Waals surface area contributed by atoms with Gasteiger partial charge >= 0.3 is 0 Å². The SMILES string of the molecule is CCCCCOc1ccc(C(=O)NC(=S)Nc2ccccc2C(=O)NCCc2ccccc2)cc1. The topological polar surface area (TPSA) is 79.5 Å². The predicted octanol–water partition coefficient (Wildman–Crippen LogP) is 5.35. The summed E-state index contributed by atoms with van der Waals surface area (Å²) in [4.78, 5) is 25.3. The lowest BCUT2D eigenvalue weighted by Gasteiger charge is -2.14. The molecule has 0 aliphatic heterocycles. The van der Waals surface area contributed by atoms with Gasteiger partial charge in [0.05, 0.1) is 17.9 Å². The number of amides is 2. The molecule has 0 aromatic heterocycles. The molecule has 3 N–H and O–H groups in total. The maximum Gasteiger partial charge on any atom is 0.257 e. The van der Waals surface area contributed by atoms with Crippen LogP contribution in [0.2, 0.25) is 0 Å². The Morgan fingerprint density at radius 2 is 1.57 bits per heavy atom. The summed E-state index contributed by atoms with van der Waals surface area (Å²) < 4.78 is 5.68. The monoisotopic (exact) mass is 489 g/mol. The van der Waals surface area contributed by atoms with Crippen LogP contribution in [-0.2, 0) is 6.42 Å². The van der Waals surface area contributed by atoms with E-state index in [0.717, 1.165) is 37.0 Å². The zero-order valence-corrected chi connectivity index (χ0v) is 20.7. The number of hydrogen-bond donors (Lipinski definition) is 3. The van der Waals surface area contributed by atoms with Crippen molar-refractivity contribution in [3.63, 3.8) is 0 Å². The first kappa shape index (κ1) is 25.9. The number of carbonyl (C=O) groups excluding carboxylic acids is 2. The van der Waals surface area contributed by atoms with Gasteiger partial charge in [0.15, 0.2) is 5.11 Å². The number of para-hydroxylation sites is 1. The Bertz CT molecular complexity index is 1120. The van der Waals surface area contributed by atoms with Gasteiger partial charge in [-0.25, -0.2) is 0 Å². The van der Waals surface area contributed by atoms with Crippen LogP contribution in [0.4, 0.5) is 5.69 Å². The number of nitrogens with one attached hydrogen (secondary N) is 3. The fourth-order valence-corrected chi connectivity index (χ4v) is 3.63. The summed E-state index contributed by atoms with van der Waals surface area (Å²) in [5, 5.41) is 8.67. The maximum atomic E-state index is 12.7. The molecule has 6 nitrogen and oxygen atoms in total. The smallest absolute Gasteiger partial charge is 0.257 e. The fraction of sp³-hybridized carbons (Fsp3) is 0.250. The molecule has 3 aromatic rings. The van der Waals surface area contributed by atoms with E-state index in [-0.39, 0.29) is 16.9 Å². The largest absolute Gasteiger partial charge is 0.494 e. The van der Waals surface area contributed by atoms with Crippen molar-refractivity contribution < 1.29 is 14.3 Å². The molecule has 0 unspecified atom stereocenters. The Morgan fingerprint density at radius 3 is 2.31 bits per heavy atom. The van der Waals surface area contributed by atoms with Crippen LogP contribution in [0.15, 0.2) is 78.9 Å². The first-order valence-corrected chi connectivity index (χ1v) is 12.2. The van der Waals surface area contributed by atoms with E-state index < -0.39 is 0 Å². The van der Waals surface area contributed by atoms with Crippen LogP contribution in [0.5, 0.6) is 5.75 Å². The molecule has 0 aliphatic rings. The summed E-state index contributed by atoms with van der Waals surface area (Å²) in [6.45, 7) is 3.32. The van der Waals surface area contributed by atoms with Crippen LogP contribution in [-0.4, -0.2) is 30.1 Å². The van der Waals surface area contributed by atoms with E-state index in [0.29, 0.717) is 30.0 Å². The van der Waals surface area contributed by atoms with E-state index >= 15 is 0 Å². The van der Waals surface area contributed by atoms with Crippen molar-refractivity contribution in [2.75, 3.05) is 18.5 Å². The molecule has 0 fully saturated rings. The van der Waals surface area contributed by atoms with Crippen LogP contribution in [0, 0.1) is 0 Å². The second kappa shape index (κ2) is 13.9. The van der Waals surface area contributed by atoms with Gasteiger partial charge in [-0.2, -0.15) is 0 Å². The Labute approximate surface area is 212 Å². The molecule has 35 heavy (non-hydrogen) atoms. The van der Waals surface area contributed by atoms with Gasteiger partial charge in [0, 0.05) is 12.1 Å². The summed E-state index contributed by atoms with van der Waals surface area (Å²) in [6.07, 6.45) is 4.01. The molecule has 0 saturated heterocycles. The molecule has 3 aromatic carbocycles. The van der Waals surface area contributed by atoms with Gasteiger partial charge < -0.3 is 15.4 Å². The summed E-state index contributed by atoms with van der Waals surface area (Å²) in [7, 11) is 0. The second-order valence-electron chi connectivity index (χ2n) is 8.03. The highest BCUT2D eigenvalue weighted by Crippen LogP contribution is 2.16. The van der Waals surface area contributed by atoms with E-state index in [9.17, 15) is 9.59 Å². The van der Waals surface area contributed by atoms with Crippen LogP contribution in [0.1, 0.15) is 52.5 Å². The Kier molecular flexibility index (Phi) is 10.3. The number of carbonyl (C=O) groups is 2. The number of hydrogen-bond acceptors (Lipinski definition) is 4. The fourth-order valence-electron chi connectivity index (χ4n) is 3.42. The molecule has 182 valence electrons. The summed E-state index contributed by atoms with van der Waals surface area (Å²) in [5.41, 5.74) is 2.58. The highest BCUT2D eigenvalue weighted by molar-refractivity contribution is 7.80. The van der Waals surface area contributed by atoms with Crippen LogP contribution < -0.4 is 20.7 Å². The minimum absolute atomic E-state index is 0.111. The first-order valence-electron chi connectivity index (χ1n) is 11.8. The third-order valence-corrected chi connectivity index (χ3v) is 5.53. The molecule has 7 heteroatoms. The van der Waals surface area contributed by atoms with Crippen LogP contribution in [0.3, 0.4) is 0 Å². The van der Waals surface area contributed by atoms with Gasteiger partial charge in [-0.15, -0.1) is 0 Å². The molecule has 0 aliphatic carbocycles. The molecule has 0 atom stereocenters. The highest BCUT2D eigenvalue weighted by Gasteiger charge is 2.13. The summed E-state index contributed by atoms with van der Waals surface area (Å²) >= 11 is 5.32. The van der Waals surface area contributed by atoms with Crippen molar-refractivity contribution >= 4 is 34.8 Å². The Hall–Kier alpha value is -3.71. The van der Waals surface area contributed by atoms with E-state index in [2.05, 4.69) is 22.9 Å². The molecule has 0 bridgehead atoms. The minimum Gasteiger partial charge on any atom is -0.494 e. The van der Waals surface area contributed by atoms with E-state index in [1.54, 1.807) is 48.5 Å². The van der Waals surface area contributed by atoms with Crippen molar-refractivity contribution in [1.82, 2.24) is 10.6 Å². The van der Waals surface area contributed by atoms with Gasteiger partial charge in [-0.1, -0.05) is 62.2 Å². The number of ether oxygens (including phenoxy) is 1. The van der Waals surface area contributed by atoms with Crippen molar-refractivity contribution in [2.45, 2.75) is 32.6 Å². The third kappa shape index (κ3) is 8.54. The lowest BCUT2D eigenvalue weighted by molar-refractivity contribution is 0.0953. The molecular formula is C28H31N3O3S. The summed E-state index contributed by atoms with van der Waals surface area (Å²) in [6, 6.07) is 23.9. The maximum absolute atomic E-state index is 12.7. The zero-order valence-electron chi connectivity index (χ0n) is 19.9. The average molecular weight is 490 g/mol. The van der Waals surface area contributed by atoms with E-state index in [1.165, 1.54) is 0 Å². The number of benzene rings is 3. The first-order chi connectivity index (χ1) is 17.1. The molecular weight excluding hydrogens is 458 g/mol. The van der Waals surface area contributed by atoms with Gasteiger partial charge in [0.2, 0.25) is 0 Å². The van der Waals surface area contributed by atoms with Crippen molar-refractivity contribution in [3.8, 4) is 5.75 Å². The predicted molar refractivity (Wildman–Crippen MR) is 144 cm³/mol.